The van der Waals surface area contributed by atoms with E-state index >= 15 is 0 Å². The minimum absolute atomic E-state index is 0.0846. The van der Waals surface area contributed by atoms with Gasteiger partial charge in [-0.2, -0.15) is 0 Å². The van der Waals surface area contributed by atoms with Gasteiger partial charge in [0.2, 0.25) is 5.90 Å². The molecule has 1 aliphatic rings. The Morgan fingerprint density at radius 1 is 1.28 bits per heavy atom. The lowest BCUT2D eigenvalue weighted by atomic mass is 10.1. The normalized spacial score (nSPS) is 15.1. The van der Waals surface area contributed by atoms with Gasteiger partial charge in [-0.15, -0.1) is 0 Å². The Balaban J connectivity index is 2.02. The van der Waals surface area contributed by atoms with E-state index in [9.17, 15) is 9.59 Å². The third-order valence-corrected chi connectivity index (χ3v) is 4.07. The zero-order valence-corrected chi connectivity index (χ0v) is 15.3. The van der Waals surface area contributed by atoms with Crippen LogP contribution in [-0.2, 0) is 14.3 Å². The van der Waals surface area contributed by atoms with Crippen LogP contribution in [0.25, 0.3) is 6.08 Å². The van der Waals surface area contributed by atoms with Crippen molar-refractivity contribution in [2.24, 2.45) is 4.99 Å². The Morgan fingerprint density at radius 2 is 2.04 bits per heavy atom. The first-order valence-electron chi connectivity index (χ1n) is 7.19. The molecule has 0 unspecified atom stereocenters. The Labute approximate surface area is 157 Å². The number of ether oxygens (including phenoxy) is 2. The molecule has 0 saturated carbocycles. The van der Waals surface area contributed by atoms with Gasteiger partial charge in [-0.3, -0.25) is 4.79 Å². The number of cyclic esters (lactones) is 1. The average molecular weight is 421 g/mol. The lowest BCUT2D eigenvalue weighted by molar-refractivity contribution is -0.132. The summed E-state index contributed by atoms with van der Waals surface area (Å²) in [5.41, 5.74) is 1.12. The monoisotopic (exact) mass is 419 g/mol. The molecule has 0 fully saturated rings. The molecule has 5 nitrogen and oxygen atoms in total. The van der Waals surface area contributed by atoms with Crippen molar-refractivity contribution in [2.45, 2.75) is 6.92 Å². The van der Waals surface area contributed by atoms with Crippen LogP contribution in [0, 0.1) is 0 Å². The van der Waals surface area contributed by atoms with Crippen molar-refractivity contribution >= 4 is 51.4 Å². The van der Waals surface area contributed by atoms with E-state index in [2.05, 4.69) is 20.9 Å². The highest BCUT2D eigenvalue weighted by Crippen LogP contribution is 2.28. The highest BCUT2D eigenvalue weighted by Gasteiger charge is 2.26. The van der Waals surface area contributed by atoms with E-state index < -0.39 is 11.9 Å². The summed E-state index contributed by atoms with van der Waals surface area (Å²) in [6, 6.07) is 12.0. The van der Waals surface area contributed by atoms with E-state index in [0.717, 1.165) is 4.47 Å². The van der Waals surface area contributed by atoms with Gasteiger partial charge in [0.05, 0.1) is 10.6 Å². The molecular formula is C18H11BrClNO4. The minimum atomic E-state index is -0.608. The van der Waals surface area contributed by atoms with Crippen LogP contribution < -0.4 is 4.74 Å². The molecule has 0 aliphatic carbocycles. The third kappa shape index (κ3) is 3.97. The van der Waals surface area contributed by atoms with Crippen LogP contribution in [0.15, 0.2) is 57.6 Å². The van der Waals surface area contributed by atoms with Gasteiger partial charge < -0.3 is 9.47 Å². The zero-order valence-electron chi connectivity index (χ0n) is 13.0. The molecule has 0 saturated heterocycles. The van der Waals surface area contributed by atoms with Gasteiger partial charge in [0.25, 0.3) is 0 Å². The number of carbonyl (C=O) groups excluding carboxylic acids is 2. The van der Waals surface area contributed by atoms with Gasteiger partial charge in [-0.05, 0) is 36.4 Å². The number of halogens is 2. The van der Waals surface area contributed by atoms with E-state index in [1.165, 1.54) is 13.0 Å². The molecule has 126 valence electrons. The van der Waals surface area contributed by atoms with E-state index in [1.54, 1.807) is 42.5 Å². The maximum absolute atomic E-state index is 12.1. The highest BCUT2D eigenvalue weighted by atomic mass is 79.9. The minimum Gasteiger partial charge on any atom is -0.426 e. The summed E-state index contributed by atoms with van der Waals surface area (Å²) in [4.78, 5) is 27.6. The largest absolute Gasteiger partial charge is 0.426 e. The predicted molar refractivity (Wildman–Crippen MR) is 97.5 cm³/mol. The lowest BCUT2D eigenvalue weighted by Crippen LogP contribution is -2.06. The van der Waals surface area contributed by atoms with E-state index in [1.807, 2.05) is 0 Å². The number of esters is 2. The van der Waals surface area contributed by atoms with Crippen molar-refractivity contribution in [3.8, 4) is 5.75 Å². The van der Waals surface area contributed by atoms with Crippen LogP contribution in [0.4, 0.5) is 0 Å². The number of hydrogen-bond donors (Lipinski definition) is 0. The first-order chi connectivity index (χ1) is 11.9. The van der Waals surface area contributed by atoms with E-state index in [0.29, 0.717) is 21.9 Å². The Hall–Kier alpha value is -2.44. The second-order valence-electron chi connectivity index (χ2n) is 5.09. The fraction of sp³-hybridized carbons (Fsp3) is 0.0556. The second-order valence-corrected chi connectivity index (χ2v) is 6.41. The third-order valence-electron chi connectivity index (χ3n) is 3.24. The number of benzene rings is 2. The van der Waals surface area contributed by atoms with Crippen LogP contribution >= 0.6 is 27.5 Å². The fourth-order valence-corrected chi connectivity index (χ4v) is 2.78. The summed E-state index contributed by atoms with van der Waals surface area (Å²) in [5, 5.41) is 0.429. The second kappa shape index (κ2) is 7.21. The van der Waals surface area contributed by atoms with Crippen LogP contribution in [0.3, 0.4) is 0 Å². The van der Waals surface area contributed by atoms with Crippen molar-refractivity contribution < 1.29 is 19.1 Å². The molecule has 0 atom stereocenters. The molecule has 0 radical (unpaired) electrons. The number of aliphatic imine (C=N–C) groups is 1. The first-order valence-corrected chi connectivity index (χ1v) is 8.36. The highest BCUT2D eigenvalue weighted by molar-refractivity contribution is 9.10. The van der Waals surface area contributed by atoms with Crippen LogP contribution in [0.2, 0.25) is 5.02 Å². The summed E-state index contributed by atoms with van der Waals surface area (Å²) in [6.07, 6.45) is 1.50. The van der Waals surface area contributed by atoms with Crippen molar-refractivity contribution in [2.75, 3.05) is 0 Å². The van der Waals surface area contributed by atoms with Gasteiger partial charge in [0, 0.05) is 17.0 Å². The van der Waals surface area contributed by atoms with Crippen LogP contribution in [0.1, 0.15) is 18.1 Å². The van der Waals surface area contributed by atoms with E-state index in [4.69, 9.17) is 21.1 Å². The fourth-order valence-electron chi connectivity index (χ4n) is 2.19. The molecule has 0 amide bonds. The molecule has 0 aromatic heterocycles. The topological polar surface area (TPSA) is 65.0 Å². The quantitative estimate of drug-likeness (QED) is 0.420. The van der Waals surface area contributed by atoms with Crippen molar-refractivity contribution in [3.63, 3.8) is 0 Å². The van der Waals surface area contributed by atoms with Crippen LogP contribution in [-0.4, -0.2) is 17.8 Å². The summed E-state index contributed by atoms with van der Waals surface area (Å²) >= 11 is 9.45. The molecule has 25 heavy (non-hydrogen) atoms. The number of rotatable bonds is 3. The summed E-state index contributed by atoms with van der Waals surface area (Å²) < 4.78 is 11.1. The molecule has 2 aromatic carbocycles. The number of hydrogen-bond acceptors (Lipinski definition) is 5. The number of nitrogens with zero attached hydrogens (tertiary/aromatic N) is 1. The lowest BCUT2D eigenvalue weighted by Gasteiger charge is -2.06. The van der Waals surface area contributed by atoms with Crippen LogP contribution in [0.5, 0.6) is 5.75 Å². The smallest absolute Gasteiger partial charge is 0.363 e. The zero-order chi connectivity index (χ0) is 18.0. The van der Waals surface area contributed by atoms with Gasteiger partial charge >= 0.3 is 11.9 Å². The molecule has 2 aromatic rings. The molecule has 3 rings (SSSR count). The maximum atomic E-state index is 12.1. The van der Waals surface area contributed by atoms with Crippen molar-refractivity contribution in [1.82, 2.24) is 0 Å². The predicted octanol–water partition coefficient (Wildman–Crippen LogP) is 4.37. The Bertz CT molecular complexity index is 936. The summed E-state index contributed by atoms with van der Waals surface area (Å²) in [5.74, 6) is -0.622. The molecular weight excluding hydrogens is 410 g/mol. The molecule has 1 heterocycles. The standard InChI is InChI=1S/C18H11BrClNO4/c1-10(22)24-16-7-6-12(19)8-11(16)9-15-18(23)25-17(21-15)13-4-2-3-5-14(13)20/h2-9H,1H3/b15-9-. The van der Waals surface area contributed by atoms with Gasteiger partial charge in [0.15, 0.2) is 5.70 Å². The molecule has 0 bridgehead atoms. The average Bonchev–Trinajstić information content (AvgIpc) is 2.91. The van der Waals surface area contributed by atoms with Gasteiger partial charge in [0.1, 0.15) is 5.75 Å². The molecule has 1 aliphatic heterocycles. The molecule has 0 spiro atoms. The summed E-state index contributed by atoms with van der Waals surface area (Å²) in [7, 11) is 0. The first kappa shape index (κ1) is 17.4. The van der Waals surface area contributed by atoms with E-state index in [-0.39, 0.29) is 11.6 Å². The Morgan fingerprint density at radius 3 is 2.76 bits per heavy atom. The van der Waals surface area contributed by atoms with Gasteiger partial charge in [-0.25, -0.2) is 9.79 Å². The number of carbonyl (C=O) groups is 2. The summed E-state index contributed by atoms with van der Waals surface area (Å²) in [6.45, 7) is 1.30. The molecule has 7 heteroatoms. The maximum Gasteiger partial charge on any atom is 0.363 e. The van der Waals surface area contributed by atoms with Gasteiger partial charge in [-0.1, -0.05) is 39.7 Å². The SMILES string of the molecule is CC(=O)Oc1ccc(Br)cc1/C=C1\N=C(c2ccccc2Cl)OC1=O. The van der Waals surface area contributed by atoms with Crippen molar-refractivity contribution in [3.05, 3.63) is 68.8 Å². The van der Waals surface area contributed by atoms with Crippen molar-refractivity contribution in [1.29, 1.82) is 0 Å². The molecule has 0 N–H and O–H groups in total. The Kier molecular flexibility index (Phi) is 5.01.